The minimum absolute atomic E-state index is 0.0629. The fraction of sp³-hybridized carbons (Fsp3) is 0.500. The molecule has 1 heterocycles. The van der Waals surface area contributed by atoms with Gasteiger partial charge >= 0.3 is 5.97 Å². The van der Waals surface area contributed by atoms with Crippen LogP contribution in [0.4, 0.5) is 11.4 Å². The molecular weight excluding hydrogens is 356 g/mol. The highest BCUT2D eigenvalue weighted by Gasteiger charge is 2.19. The molecule has 0 aliphatic rings. The van der Waals surface area contributed by atoms with Crippen LogP contribution in [0.15, 0.2) is 18.2 Å². The Kier molecular flexibility index (Phi) is 7.62. The molecule has 1 N–H and O–H groups in total. The highest BCUT2D eigenvalue weighted by atomic mass is 16.6. The van der Waals surface area contributed by atoms with Crippen LogP contribution in [0, 0.1) is 10.1 Å². The molecule has 0 spiro atoms. The fourth-order valence-corrected chi connectivity index (χ4v) is 2.27. The van der Waals surface area contributed by atoms with Crippen LogP contribution in [0.2, 0.25) is 0 Å². The van der Waals surface area contributed by atoms with Gasteiger partial charge in [-0.05, 0) is 22.9 Å². The SMILES string of the molecule is CCCCn1nnnc1COC(=O)c1cc([N+](=O)[O-])ccc1NCCOC. The largest absolute Gasteiger partial charge is 0.454 e. The summed E-state index contributed by atoms with van der Waals surface area (Å²) < 4.78 is 11.8. The number of ether oxygens (including phenoxy) is 2. The molecule has 0 unspecified atom stereocenters. The first-order valence-electron chi connectivity index (χ1n) is 8.50. The second-order valence-corrected chi connectivity index (χ2v) is 5.65. The third kappa shape index (κ3) is 5.71. The van der Waals surface area contributed by atoms with E-state index < -0.39 is 10.9 Å². The summed E-state index contributed by atoms with van der Waals surface area (Å²) in [4.78, 5) is 23.0. The number of nitrogens with one attached hydrogen (secondary N) is 1. The highest BCUT2D eigenvalue weighted by molar-refractivity contribution is 5.96. The van der Waals surface area contributed by atoms with E-state index in [0.29, 0.717) is 31.2 Å². The number of non-ortho nitro benzene ring substituents is 1. The number of aryl methyl sites for hydroxylation is 1. The van der Waals surface area contributed by atoms with Gasteiger partial charge in [-0.25, -0.2) is 9.48 Å². The lowest BCUT2D eigenvalue weighted by atomic mass is 10.1. The number of aromatic nitrogens is 4. The van der Waals surface area contributed by atoms with Crippen LogP contribution in [0.25, 0.3) is 0 Å². The van der Waals surface area contributed by atoms with Crippen molar-refractivity contribution in [2.24, 2.45) is 0 Å². The van der Waals surface area contributed by atoms with E-state index in [4.69, 9.17) is 9.47 Å². The van der Waals surface area contributed by atoms with Crippen molar-refractivity contribution in [3.05, 3.63) is 39.7 Å². The first-order valence-corrected chi connectivity index (χ1v) is 8.50. The summed E-state index contributed by atoms with van der Waals surface area (Å²) in [6, 6.07) is 3.96. The number of benzene rings is 1. The number of nitrogens with zero attached hydrogens (tertiary/aromatic N) is 5. The van der Waals surface area contributed by atoms with Crippen molar-refractivity contribution < 1.29 is 19.2 Å². The van der Waals surface area contributed by atoms with E-state index in [2.05, 4.69) is 20.8 Å². The van der Waals surface area contributed by atoms with Gasteiger partial charge in [-0.1, -0.05) is 13.3 Å². The van der Waals surface area contributed by atoms with Gasteiger partial charge in [0.2, 0.25) is 0 Å². The number of carbonyl (C=O) groups excluding carboxylic acids is 1. The zero-order valence-corrected chi connectivity index (χ0v) is 15.3. The Morgan fingerprint density at radius 1 is 1.41 bits per heavy atom. The van der Waals surface area contributed by atoms with E-state index in [0.717, 1.165) is 12.8 Å². The van der Waals surface area contributed by atoms with Crippen molar-refractivity contribution in [2.45, 2.75) is 32.9 Å². The molecule has 0 bridgehead atoms. The Morgan fingerprint density at radius 2 is 2.22 bits per heavy atom. The maximum absolute atomic E-state index is 12.5. The summed E-state index contributed by atoms with van der Waals surface area (Å²) in [6.07, 6.45) is 1.87. The molecular formula is C16H22N6O5. The van der Waals surface area contributed by atoms with Crippen molar-refractivity contribution in [3.63, 3.8) is 0 Å². The van der Waals surface area contributed by atoms with Gasteiger partial charge < -0.3 is 14.8 Å². The van der Waals surface area contributed by atoms with Crippen molar-refractivity contribution in [1.82, 2.24) is 20.2 Å². The molecule has 2 rings (SSSR count). The number of unbranched alkanes of at least 4 members (excludes halogenated alkanes) is 1. The molecule has 1 aromatic carbocycles. The lowest BCUT2D eigenvalue weighted by Gasteiger charge is -2.11. The van der Waals surface area contributed by atoms with Crippen molar-refractivity contribution in [3.8, 4) is 0 Å². The van der Waals surface area contributed by atoms with Crippen molar-refractivity contribution in [1.29, 1.82) is 0 Å². The molecule has 11 nitrogen and oxygen atoms in total. The number of methoxy groups -OCH3 is 1. The van der Waals surface area contributed by atoms with E-state index in [1.807, 2.05) is 6.92 Å². The molecule has 1 aromatic heterocycles. The van der Waals surface area contributed by atoms with Crippen LogP contribution in [-0.4, -0.2) is 51.4 Å². The first kappa shape index (κ1) is 20.2. The molecule has 0 aliphatic carbocycles. The Morgan fingerprint density at radius 3 is 2.93 bits per heavy atom. The topological polar surface area (TPSA) is 134 Å². The minimum Gasteiger partial charge on any atom is -0.454 e. The molecule has 0 aliphatic heterocycles. The molecule has 0 amide bonds. The standard InChI is InChI=1S/C16H22N6O5/c1-3-4-8-21-15(18-19-20-21)11-27-16(23)13-10-12(22(24)25)5-6-14(13)17-7-9-26-2/h5-6,10,17H,3-4,7-9,11H2,1-2H3. The number of esters is 1. The fourth-order valence-electron chi connectivity index (χ4n) is 2.27. The van der Waals surface area contributed by atoms with Crippen LogP contribution in [0.1, 0.15) is 35.9 Å². The number of nitro groups is 1. The Bertz CT molecular complexity index is 778. The van der Waals surface area contributed by atoms with Crippen LogP contribution in [0.3, 0.4) is 0 Å². The van der Waals surface area contributed by atoms with Gasteiger partial charge in [0, 0.05) is 38.0 Å². The average Bonchev–Trinajstić information content (AvgIpc) is 3.12. The summed E-state index contributed by atoms with van der Waals surface area (Å²) in [6.45, 7) is 3.39. The van der Waals surface area contributed by atoms with Gasteiger partial charge in [0.1, 0.15) is 0 Å². The summed E-state index contributed by atoms with van der Waals surface area (Å²) in [7, 11) is 1.55. The van der Waals surface area contributed by atoms with Gasteiger partial charge in [0.25, 0.3) is 5.69 Å². The summed E-state index contributed by atoms with van der Waals surface area (Å²) in [5, 5.41) is 25.3. The molecule has 27 heavy (non-hydrogen) atoms. The van der Waals surface area contributed by atoms with Crippen molar-refractivity contribution >= 4 is 17.3 Å². The summed E-state index contributed by atoms with van der Waals surface area (Å²) in [5.74, 6) is -0.292. The molecule has 0 saturated heterocycles. The number of rotatable bonds is 11. The maximum Gasteiger partial charge on any atom is 0.340 e. The third-order valence-corrected chi connectivity index (χ3v) is 3.72. The zero-order chi connectivity index (χ0) is 19.6. The predicted molar refractivity (Wildman–Crippen MR) is 95.3 cm³/mol. The predicted octanol–water partition coefficient (Wildman–Crippen LogP) is 1.80. The van der Waals surface area contributed by atoms with E-state index in [1.54, 1.807) is 11.8 Å². The monoisotopic (exact) mass is 378 g/mol. The second kappa shape index (κ2) is 10.2. The van der Waals surface area contributed by atoms with Crippen LogP contribution in [0.5, 0.6) is 0 Å². The highest BCUT2D eigenvalue weighted by Crippen LogP contribution is 2.23. The second-order valence-electron chi connectivity index (χ2n) is 5.65. The lowest BCUT2D eigenvalue weighted by molar-refractivity contribution is -0.384. The normalized spacial score (nSPS) is 10.6. The van der Waals surface area contributed by atoms with E-state index in [1.165, 1.54) is 18.2 Å². The number of nitro benzene ring substituents is 1. The number of hydrogen-bond acceptors (Lipinski definition) is 9. The number of hydrogen-bond donors (Lipinski definition) is 1. The zero-order valence-electron chi connectivity index (χ0n) is 15.3. The van der Waals surface area contributed by atoms with E-state index in [-0.39, 0.29) is 17.9 Å². The molecule has 0 atom stereocenters. The molecule has 11 heteroatoms. The average molecular weight is 378 g/mol. The Balaban J connectivity index is 2.12. The lowest BCUT2D eigenvalue weighted by Crippen LogP contribution is -2.15. The third-order valence-electron chi connectivity index (χ3n) is 3.72. The van der Waals surface area contributed by atoms with Crippen LogP contribution < -0.4 is 5.32 Å². The van der Waals surface area contributed by atoms with Gasteiger partial charge in [0.05, 0.1) is 17.1 Å². The molecule has 2 aromatic rings. The Hall–Kier alpha value is -3.08. The molecule has 0 saturated carbocycles. The van der Waals surface area contributed by atoms with Gasteiger partial charge in [-0.15, -0.1) is 5.10 Å². The van der Waals surface area contributed by atoms with Gasteiger partial charge in [-0.2, -0.15) is 0 Å². The van der Waals surface area contributed by atoms with E-state index in [9.17, 15) is 14.9 Å². The van der Waals surface area contributed by atoms with E-state index >= 15 is 0 Å². The minimum atomic E-state index is -0.705. The quantitative estimate of drug-likeness (QED) is 0.269. The molecule has 146 valence electrons. The first-order chi connectivity index (χ1) is 13.1. The number of anilines is 1. The summed E-state index contributed by atoms with van der Waals surface area (Å²) in [5.41, 5.74) is 0.285. The summed E-state index contributed by atoms with van der Waals surface area (Å²) >= 11 is 0. The number of carbonyl (C=O) groups is 1. The van der Waals surface area contributed by atoms with Crippen LogP contribution >= 0.6 is 0 Å². The van der Waals surface area contributed by atoms with Gasteiger partial charge in [-0.3, -0.25) is 10.1 Å². The number of tetrazole rings is 1. The molecule has 0 radical (unpaired) electrons. The Labute approximate surface area is 155 Å². The van der Waals surface area contributed by atoms with Crippen LogP contribution in [-0.2, 0) is 22.6 Å². The van der Waals surface area contributed by atoms with Crippen molar-refractivity contribution in [2.75, 3.05) is 25.6 Å². The molecule has 0 fully saturated rings. The smallest absolute Gasteiger partial charge is 0.340 e. The van der Waals surface area contributed by atoms with Gasteiger partial charge in [0.15, 0.2) is 12.4 Å². The maximum atomic E-state index is 12.5.